The lowest BCUT2D eigenvalue weighted by Gasteiger charge is -2.28. The van der Waals surface area contributed by atoms with Crippen molar-refractivity contribution >= 4 is 11.9 Å². The first-order valence-electron chi connectivity index (χ1n) is 4.66. The van der Waals surface area contributed by atoms with Crippen molar-refractivity contribution in [3.63, 3.8) is 0 Å². The maximum Gasteiger partial charge on any atom is 0.323 e. The molecule has 0 aromatic rings. The Morgan fingerprint density at radius 1 is 1.24 bits per heavy atom. The van der Waals surface area contributed by atoms with Crippen molar-refractivity contribution in [2.45, 2.75) is 37.5 Å². The van der Waals surface area contributed by atoms with E-state index in [9.17, 15) is 19.8 Å². The summed E-state index contributed by atoms with van der Waals surface area (Å²) in [4.78, 5) is 20.9. The Kier molecular flexibility index (Phi) is 5.45. The second-order valence-electron chi connectivity index (χ2n) is 3.58. The Balaban J connectivity index is 4.43. The number of carboxylic acid groups (broad SMARTS) is 2. The van der Waals surface area contributed by atoms with E-state index in [0.717, 1.165) is 0 Å². The number of hydrogen-bond donors (Lipinski definition) is 6. The predicted octanol–water partition coefficient (Wildman–Crippen LogP) is -2.76. The zero-order valence-corrected chi connectivity index (χ0v) is 9.11. The van der Waals surface area contributed by atoms with E-state index in [1.165, 1.54) is 6.92 Å². The van der Waals surface area contributed by atoms with Gasteiger partial charge in [-0.05, 0) is 6.92 Å². The van der Waals surface area contributed by atoms with Crippen LogP contribution in [0.1, 0.15) is 13.3 Å². The van der Waals surface area contributed by atoms with Gasteiger partial charge in [0.15, 0.2) is 0 Å². The van der Waals surface area contributed by atoms with Gasteiger partial charge >= 0.3 is 11.9 Å². The van der Waals surface area contributed by atoms with Gasteiger partial charge in [-0.2, -0.15) is 0 Å². The highest BCUT2D eigenvalue weighted by atomic mass is 16.8. The monoisotopic (exact) mass is 252 g/mol. The maximum absolute atomic E-state index is 10.5. The first-order chi connectivity index (χ1) is 7.57. The molecule has 0 aliphatic heterocycles. The summed E-state index contributed by atoms with van der Waals surface area (Å²) in [5, 5.41) is 35.5. The van der Waals surface area contributed by atoms with Crippen molar-refractivity contribution in [3.8, 4) is 0 Å². The molecule has 9 heteroatoms. The maximum atomic E-state index is 10.5. The quantitative estimate of drug-likeness (QED) is 0.262. The molecule has 100 valence electrons. The van der Waals surface area contributed by atoms with Crippen LogP contribution in [0.5, 0.6) is 0 Å². The smallest absolute Gasteiger partial charge is 0.323 e. The van der Waals surface area contributed by atoms with E-state index in [1.54, 1.807) is 0 Å². The molecule has 0 fully saturated rings. The van der Waals surface area contributed by atoms with Gasteiger partial charge in [-0.3, -0.25) is 9.59 Å². The van der Waals surface area contributed by atoms with Crippen LogP contribution in [0.4, 0.5) is 0 Å². The fourth-order valence-electron chi connectivity index (χ4n) is 0.994. The van der Waals surface area contributed by atoms with Gasteiger partial charge in [0.1, 0.15) is 12.1 Å². The Hall–Kier alpha value is -1.26. The Labute approximate surface area is 96.6 Å². The van der Waals surface area contributed by atoms with E-state index in [4.69, 9.17) is 21.7 Å². The number of carbonyl (C=O) groups is 2. The van der Waals surface area contributed by atoms with Crippen LogP contribution in [-0.2, 0) is 14.3 Å². The summed E-state index contributed by atoms with van der Waals surface area (Å²) >= 11 is 0. The van der Waals surface area contributed by atoms with Crippen LogP contribution in [0.15, 0.2) is 0 Å². The summed E-state index contributed by atoms with van der Waals surface area (Å²) < 4.78 is 4.54. The van der Waals surface area contributed by atoms with Crippen molar-refractivity contribution in [2.24, 2.45) is 11.5 Å². The topological polar surface area (TPSA) is 176 Å². The fourth-order valence-corrected chi connectivity index (χ4v) is 0.994. The molecule has 0 amide bonds. The lowest BCUT2D eigenvalue weighted by Crippen LogP contribution is -2.50. The number of nitrogens with two attached hydrogens (primary N) is 2. The zero-order valence-electron chi connectivity index (χ0n) is 9.11. The molecule has 0 bridgehead atoms. The van der Waals surface area contributed by atoms with E-state index in [-0.39, 0.29) is 0 Å². The predicted molar refractivity (Wildman–Crippen MR) is 53.6 cm³/mol. The van der Waals surface area contributed by atoms with Crippen molar-refractivity contribution in [2.75, 3.05) is 0 Å². The molecule has 0 heterocycles. The molecule has 0 aliphatic carbocycles. The molecular weight excluding hydrogens is 236 g/mol. The molecule has 3 atom stereocenters. The number of rotatable bonds is 7. The summed E-state index contributed by atoms with van der Waals surface area (Å²) in [6.07, 6.45) is -2.05. The summed E-state index contributed by atoms with van der Waals surface area (Å²) in [5.41, 5.74) is 10.2. The number of hydrogen-bond acceptors (Lipinski definition) is 7. The number of ether oxygens (including phenoxy) is 1. The molecule has 0 aromatic carbocycles. The molecule has 0 aliphatic rings. The highest BCUT2D eigenvalue weighted by Gasteiger charge is 2.35. The lowest BCUT2D eigenvalue weighted by atomic mass is 10.1. The van der Waals surface area contributed by atoms with Crippen molar-refractivity contribution in [1.82, 2.24) is 0 Å². The van der Waals surface area contributed by atoms with Gasteiger partial charge in [-0.1, -0.05) is 0 Å². The minimum absolute atomic E-state index is 0.820. The molecule has 17 heavy (non-hydrogen) atoms. The molecule has 9 nitrogen and oxygen atoms in total. The SMILES string of the molecule is C[C@@H](OC(O)(O)C[C@H](N)C(=O)O)[C@H](N)C(=O)O. The standard InChI is InChI=1S/C8H16N2O7/c1-3(5(10)7(13)14)17-8(15,16)2-4(9)6(11)12/h3-5,15-16H,2,9-10H2,1H3,(H,11,12)(H,13,14)/t3-,4+,5+/m1/s1. The van der Waals surface area contributed by atoms with Crippen LogP contribution in [-0.4, -0.2) is 56.5 Å². The largest absolute Gasteiger partial charge is 0.480 e. The number of carboxylic acids is 2. The third kappa shape index (κ3) is 5.56. The third-order valence-corrected chi connectivity index (χ3v) is 1.97. The highest BCUT2D eigenvalue weighted by Crippen LogP contribution is 2.14. The Bertz CT molecular complexity index is 294. The molecule has 0 aromatic heterocycles. The van der Waals surface area contributed by atoms with Gasteiger partial charge < -0.3 is 36.6 Å². The first-order valence-corrected chi connectivity index (χ1v) is 4.66. The van der Waals surface area contributed by atoms with Gasteiger partial charge in [0.05, 0.1) is 12.5 Å². The van der Waals surface area contributed by atoms with Crippen LogP contribution in [0.2, 0.25) is 0 Å². The zero-order chi connectivity index (χ0) is 13.8. The van der Waals surface area contributed by atoms with Crippen molar-refractivity contribution < 1.29 is 34.8 Å². The van der Waals surface area contributed by atoms with E-state index in [2.05, 4.69) is 4.74 Å². The van der Waals surface area contributed by atoms with E-state index in [1.807, 2.05) is 0 Å². The van der Waals surface area contributed by atoms with Gasteiger partial charge in [0, 0.05) is 0 Å². The summed E-state index contributed by atoms with van der Waals surface area (Å²) in [5.74, 6) is -5.70. The second-order valence-corrected chi connectivity index (χ2v) is 3.58. The second kappa shape index (κ2) is 5.89. The van der Waals surface area contributed by atoms with Crippen LogP contribution in [0.3, 0.4) is 0 Å². The number of aliphatic carboxylic acids is 2. The van der Waals surface area contributed by atoms with Gasteiger partial charge in [-0.15, -0.1) is 0 Å². The number of aliphatic hydroxyl groups is 2. The van der Waals surface area contributed by atoms with Gasteiger partial charge in [-0.25, -0.2) is 0 Å². The minimum atomic E-state index is -2.86. The summed E-state index contributed by atoms with van der Waals surface area (Å²) in [6.45, 7) is 1.20. The molecular formula is C8H16N2O7. The summed E-state index contributed by atoms with van der Waals surface area (Å²) in [7, 11) is 0. The van der Waals surface area contributed by atoms with Gasteiger partial charge in [0.25, 0.3) is 5.97 Å². The highest BCUT2D eigenvalue weighted by molar-refractivity contribution is 5.74. The van der Waals surface area contributed by atoms with Crippen LogP contribution >= 0.6 is 0 Å². The normalized spacial score (nSPS) is 17.2. The minimum Gasteiger partial charge on any atom is -0.480 e. The van der Waals surface area contributed by atoms with Crippen LogP contribution in [0, 0.1) is 0 Å². The fraction of sp³-hybridized carbons (Fsp3) is 0.750. The van der Waals surface area contributed by atoms with E-state index in [0.29, 0.717) is 0 Å². The van der Waals surface area contributed by atoms with Crippen LogP contribution in [0.25, 0.3) is 0 Å². The van der Waals surface area contributed by atoms with E-state index < -0.39 is 42.5 Å². The summed E-state index contributed by atoms with van der Waals surface area (Å²) in [6, 6.07) is -3.03. The third-order valence-electron chi connectivity index (χ3n) is 1.97. The average Bonchev–Trinajstić information content (AvgIpc) is 2.14. The Morgan fingerprint density at radius 2 is 1.71 bits per heavy atom. The molecule has 0 spiro atoms. The van der Waals surface area contributed by atoms with E-state index >= 15 is 0 Å². The van der Waals surface area contributed by atoms with Crippen molar-refractivity contribution in [3.05, 3.63) is 0 Å². The lowest BCUT2D eigenvalue weighted by molar-refractivity contribution is -0.356. The van der Waals surface area contributed by atoms with Gasteiger partial charge in [0.2, 0.25) is 0 Å². The Morgan fingerprint density at radius 3 is 2.06 bits per heavy atom. The molecule has 8 N–H and O–H groups in total. The molecule has 0 saturated heterocycles. The average molecular weight is 252 g/mol. The molecule has 0 saturated carbocycles. The molecule has 0 rings (SSSR count). The van der Waals surface area contributed by atoms with Crippen LogP contribution < -0.4 is 11.5 Å². The van der Waals surface area contributed by atoms with Crippen molar-refractivity contribution in [1.29, 1.82) is 0 Å². The first kappa shape index (κ1) is 15.7. The molecule has 0 unspecified atom stereocenters. The molecule has 0 radical (unpaired) electrons.